The van der Waals surface area contributed by atoms with Gasteiger partial charge in [0, 0.05) is 62.3 Å². The van der Waals surface area contributed by atoms with Crippen LogP contribution in [0.1, 0.15) is 0 Å². The van der Waals surface area contributed by atoms with E-state index in [9.17, 15) is 8.42 Å². The van der Waals surface area contributed by atoms with Crippen LogP contribution in [0.3, 0.4) is 0 Å². The number of anilines is 1. The second-order valence-corrected chi connectivity index (χ2v) is 9.90. The summed E-state index contributed by atoms with van der Waals surface area (Å²) in [5.41, 5.74) is 3.76. The van der Waals surface area contributed by atoms with Gasteiger partial charge in [-0.1, -0.05) is 12.1 Å². The van der Waals surface area contributed by atoms with Crippen molar-refractivity contribution in [3.63, 3.8) is 0 Å². The summed E-state index contributed by atoms with van der Waals surface area (Å²) in [7, 11) is -3.50. The van der Waals surface area contributed by atoms with E-state index in [1.807, 2.05) is 24.3 Å². The van der Waals surface area contributed by atoms with E-state index in [-0.39, 0.29) is 0 Å². The third-order valence-corrected chi connectivity index (χ3v) is 7.87. The fourth-order valence-electron chi connectivity index (χ4n) is 4.13. The predicted octanol–water partition coefficient (Wildman–Crippen LogP) is 2.17. The lowest BCUT2D eigenvalue weighted by Crippen LogP contribution is -2.43. The molecule has 0 unspecified atom stereocenters. The Hall–Kier alpha value is -2.72. The van der Waals surface area contributed by atoms with Crippen LogP contribution in [0.2, 0.25) is 0 Å². The molecule has 0 saturated carbocycles. The SMILES string of the molecule is O=S(=O)(c1ccc(-c2cc(-c3ccc(N4CCNCC4)[nH]3)ccn2)cc1)N1CCOCC1. The van der Waals surface area contributed by atoms with Crippen molar-refractivity contribution in [2.75, 3.05) is 57.4 Å². The van der Waals surface area contributed by atoms with Crippen LogP contribution in [-0.4, -0.2) is 75.2 Å². The van der Waals surface area contributed by atoms with Gasteiger partial charge in [0.25, 0.3) is 0 Å². The average molecular weight is 454 g/mol. The Balaban J connectivity index is 1.36. The molecule has 2 N–H and O–H groups in total. The van der Waals surface area contributed by atoms with Crippen molar-refractivity contribution in [1.29, 1.82) is 0 Å². The highest BCUT2D eigenvalue weighted by Crippen LogP contribution is 2.27. The largest absolute Gasteiger partial charge is 0.379 e. The highest BCUT2D eigenvalue weighted by atomic mass is 32.2. The number of piperazine rings is 1. The van der Waals surface area contributed by atoms with Crippen molar-refractivity contribution in [2.45, 2.75) is 4.90 Å². The zero-order chi connectivity index (χ0) is 22.0. The molecule has 2 saturated heterocycles. The summed E-state index contributed by atoms with van der Waals surface area (Å²) in [5.74, 6) is 1.12. The summed E-state index contributed by atoms with van der Waals surface area (Å²) in [6.07, 6.45) is 1.79. The van der Waals surface area contributed by atoms with Gasteiger partial charge < -0.3 is 19.9 Å². The smallest absolute Gasteiger partial charge is 0.243 e. The Kier molecular flexibility index (Phi) is 5.97. The van der Waals surface area contributed by atoms with Crippen molar-refractivity contribution >= 4 is 15.8 Å². The van der Waals surface area contributed by atoms with E-state index in [1.54, 1.807) is 18.3 Å². The number of ether oxygens (including phenoxy) is 1. The average Bonchev–Trinajstić information content (AvgIpc) is 3.36. The second-order valence-electron chi connectivity index (χ2n) is 7.96. The molecule has 1 aromatic carbocycles. The van der Waals surface area contributed by atoms with Gasteiger partial charge in [-0.15, -0.1) is 0 Å². The van der Waals surface area contributed by atoms with E-state index in [1.165, 1.54) is 4.31 Å². The first-order valence-corrected chi connectivity index (χ1v) is 12.3. The number of benzene rings is 1. The highest BCUT2D eigenvalue weighted by Gasteiger charge is 2.26. The number of sulfonamides is 1. The summed E-state index contributed by atoms with van der Waals surface area (Å²) < 4.78 is 32.4. The molecule has 0 amide bonds. The van der Waals surface area contributed by atoms with Gasteiger partial charge in [-0.2, -0.15) is 4.31 Å². The van der Waals surface area contributed by atoms with E-state index < -0.39 is 10.0 Å². The number of nitrogens with one attached hydrogen (secondary N) is 2. The standard InChI is InChI=1S/C23H27N5O3S/c29-32(30,28-13-15-31-16-14-28)20-3-1-18(2-4-20)22-17-19(7-8-25-22)21-5-6-23(26-21)27-11-9-24-10-12-27/h1-8,17,24,26H,9-16H2. The van der Waals surface area contributed by atoms with Crippen LogP contribution in [0.25, 0.3) is 22.5 Å². The molecule has 2 fully saturated rings. The first kappa shape index (κ1) is 21.1. The maximum absolute atomic E-state index is 12.8. The maximum Gasteiger partial charge on any atom is 0.243 e. The molecule has 4 heterocycles. The topological polar surface area (TPSA) is 90.6 Å². The summed E-state index contributed by atoms with van der Waals surface area (Å²) in [6, 6.07) is 15.2. The molecule has 2 aliphatic heterocycles. The van der Waals surface area contributed by atoms with Crippen molar-refractivity contribution < 1.29 is 13.2 Å². The third kappa shape index (κ3) is 4.29. The molecule has 8 nitrogen and oxygen atoms in total. The van der Waals surface area contributed by atoms with E-state index in [2.05, 4.69) is 32.3 Å². The van der Waals surface area contributed by atoms with Crippen LogP contribution in [-0.2, 0) is 14.8 Å². The molecule has 0 radical (unpaired) electrons. The van der Waals surface area contributed by atoms with Crippen molar-refractivity contribution in [3.05, 3.63) is 54.7 Å². The molecular formula is C23H27N5O3S. The van der Waals surface area contributed by atoms with Crippen LogP contribution in [0.4, 0.5) is 5.82 Å². The molecule has 2 aromatic heterocycles. The van der Waals surface area contributed by atoms with Gasteiger partial charge in [0.15, 0.2) is 0 Å². The zero-order valence-electron chi connectivity index (χ0n) is 17.8. The van der Waals surface area contributed by atoms with Gasteiger partial charge in [-0.05, 0) is 36.4 Å². The molecule has 9 heteroatoms. The molecule has 5 rings (SSSR count). The Morgan fingerprint density at radius 1 is 0.875 bits per heavy atom. The molecule has 2 aliphatic rings. The molecule has 0 atom stereocenters. The molecule has 0 aliphatic carbocycles. The molecule has 0 bridgehead atoms. The van der Waals surface area contributed by atoms with E-state index >= 15 is 0 Å². The fourth-order valence-corrected chi connectivity index (χ4v) is 5.54. The first-order valence-electron chi connectivity index (χ1n) is 10.9. The molecular weight excluding hydrogens is 426 g/mol. The number of rotatable bonds is 5. The number of aromatic amines is 1. The van der Waals surface area contributed by atoms with E-state index in [0.29, 0.717) is 31.2 Å². The van der Waals surface area contributed by atoms with Crippen molar-refractivity contribution in [1.82, 2.24) is 19.6 Å². The number of hydrogen-bond acceptors (Lipinski definition) is 6. The van der Waals surface area contributed by atoms with Crippen molar-refractivity contribution in [2.24, 2.45) is 0 Å². The second kappa shape index (κ2) is 9.03. The lowest BCUT2D eigenvalue weighted by Gasteiger charge is -2.28. The first-order chi connectivity index (χ1) is 15.6. The van der Waals surface area contributed by atoms with Gasteiger partial charge in [-0.3, -0.25) is 4.98 Å². The van der Waals surface area contributed by atoms with Gasteiger partial charge in [0.1, 0.15) is 5.82 Å². The minimum Gasteiger partial charge on any atom is -0.379 e. The lowest BCUT2D eigenvalue weighted by atomic mass is 10.1. The maximum atomic E-state index is 12.8. The van der Waals surface area contributed by atoms with Gasteiger partial charge in [0.05, 0.1) is 23.8 Å². The van der Waals surface area contributed by atoms with Crippen LogP contribution in [0.15, 0.2) is 59.6 Å². The number of morpholine rings is 1. The number of hydrogen-bond donors (Lipinski definition) is 2. The Morgan fingerprint density at radius 2 is 1.62 bits per heavy atom. The molecule has 0 spiro atoms. The zero-order valence-corrected chi connectivity index (χ0v) is 18.6. The molecule has 168 valence electrons. The minimum absolute atomic E-state index is 0.296. The fraction of sp³-hybridized carbons (Fsp3) is 0.348. The van der Waals surface area contributed by atoms with Crippen LogP contribution in [0.5, 0.6) is 0 Å². The third-order valence-electron chi connectivity index (χ3n) is 5.96. The van der Waals surface area contributed by atoms with E-state index in [0.717, 1.165) is 54.5 Å². The Morgan fingerprint density at radius 3 is 2.38 bits per heavy atom. The summed E-state index contributed by atoms with van der Waals surface area (Å²) in [5, 5.41) is 3.37. The summed E-state index contributed by atoms with van der Waals surface area (Å²) >= 11 is 0. The number of H-pyrrole nitrogens is 1. The normalized spacial score (nSPS) is 18.1. The Bertz CT molecular complexity index is 1160. The molecule has 32 heavy (non-hydrogen) atoms. The summed E-state index contributed by atoms with van der Waals surface area (Å²) in [4.78, 5) is 10.7. The lowest BCUT2D eigenvalue weighted by molar-refractivity contribution is 0.0730. The predicted molar refractivity (Wildman–Crippen MR) is 124 cm³/mol. The number of nitrogens with zero attached hydrogens (tertiary/aromatic N) is 3. The Labute approximate surface area is 188 Å². The summed E-state index contributed by atoms with van der Waals surface area (Å²) in [6.45, 7) is 5.60. The van der Waals surface area contributed by atoms with Crippen LogP contribution < -0.4 is 10.2 Å². The highest BCUT2D eigenvalue weighted by molar-refractivity contribution is 7.89. The van der Waals surface area contributed by atoms with Gasteiger partial charge >= 0.3 is 0 Å². The quantitative estimate of drug-likeness (QED) is 0.615. The van der Waals surface area contributed by atoms with Crippen molar-refractivity contribution in [3.8, 4) is 22.5 Å². The molecule has 3 aromatic rings. The van der Waals surface area contributed by atoms with E-state index in [4.69, 9.17) is 4.74 Å². The van der Waals surface area contributed by atoms with Gasteiger partial charge in [0.2, 0.25) is 10.0 Å². The van der Waals surface area contributed by atoms with Crippen LogP contribution >= 0.6 is 0 Å². The number of pyridine rings is 1. The van der Waals surface area contributed by atoms with Crippen LogP contribution in [0, 0.1) is 0 Å². The number of aromatic nitrogens is 2. The monoisotopic (exact) mass is 453 g/mol. The minimum atomic E-state index is -3.50. The van der Waals surface area contributed by atoms with Gasteiger partial charge in [-0.25, -0.2) is 8.42 Å².